The number of nitrogens with one attached hydrogen (secondary N) is 1. The van der Waals surface area contributed by atoms with Gasteiger partial charge in [0.2, 0.25) is 15.9 Å². The van der Waals surface area contributed by atoms with Crippen LogP contribution in [0.15, 0.2) is 47.4 Å². The first-order valence-corrected chi connectivity index (χ1v) is 11.7. The van der Waals surface area contributed by atoms with Crippen LogP contribution in [-0.4, -0.2) is 51.6 Å². The van der Waals surface area contributed by atoms with Crippen LogP contribution < -0.4 is 14.8 Å². The van der Waals surface area contributed by atoms with Crippen molar-refractivity contribution in [2.45, 2.75) is 30.8 Å². The topological polar surface area (TPSA) is 84.9 Å². The largest absolute Gasteiger partial charge is 0.497 e. The summed E-state index contributed by atoms with van der Waals surface area (Å²) in [5.74, 6) is -0.402. The quantitative estimate of drug-likeness (QED) is 0.640. The summed E-state index contributed by atoms with van der Waals surface area (Å²) < 4.78 is 74.6. The van der Waals surface area contributed by atoms with Gasteiger partial charge in [-0.15, -0.1) is 0 Å². The van der Waals surface area contributed by atoms with Gasteiger partial charge in [0.05, 0.1) is 17.7 Å². The molecule has 0 atom stereocenters. The summed E-state index contributed by atoms with van der Waals surface area (Å²) in [4.78, 5) is 12.9. The van der Waals surface area contributed by atoms with Gasteiger partial charge in [0.1, 0.15) is 11.5 Å². The minimum atomic E-state index is -4.51. The average molecular weight is 487 g/mol. The Labute approximate surface area is 190 Å². The second kappa shape index (κ2) is 10.0. The highest BCUT2D eigenvalue weighted by Gasteiger charge is 2.33. The Balaban J connectivity index is 1.63. The molecular weight excluding hydrogens is 461 g/mol. The number of nitrogens with zero attached hydrogens (tertiary/aromatic N) is 1. The van der Waals surface area contributed by atoms with Crippen molar-refractivity contribution >= 4 is 21.6 Å². The molecule has 1 amide bonds. The fourth-order valence-corrected chi connectivity index (χ4v) is 4.97. The summed E-state index contributed by atoms with van der Waals surface area (Å²) in [6.07, 6.45) is -3.94. The predicted octanol–water partition coefficient (Wildman–Crippen LogP) is 3.98. The molecular formula is C22H25F3N2O5S. The van der Waals surface area contributed by atoms with E-state index < -0.39 is 34.6 Å². The molecule has 1 aliphatic rings. The highest BCUT2D eigenvalue weighted by atomic mass is 32.2. The van der Waals surface area contributed by atoms with Crippen LogP contribution in [0.5, 0.6) is 11.5 Å². The standard InChI is InChI=1S/C22H25F3N2O5S/c1-15-3-8-19(20(13-15)32-14-22(23,24)25)26-21(28)16-9-11-27(12-10-16)33(29,30)18-6-4-17(31-2)5-7-18/h3-8,13,16H,9-12,14H2,1-2H3,(H,26,28). The zero-order valence-corrected chi connectivity index (χ0v) is 19.0. The van der Waals surface area contributed by atoms with Crippen LogP contribution in [0.2, 0.25) is 0 Å². The first-order chi connectivity index (χ1) is 15.5. The summed E-state index contributed by atoms with van der Waals surface area (Å²) in [5.41, 5.74) is 0.824. The van der Waals surface area contributed by atoms with Gasteiger partial charge in [-0.1, -0.05) is 6.07 Å². The number of hydrogen-bond acceptors (Lipinski definition) is 5. The Morgan fingerprint density at radius 3 is 2.33 bits per heavy atom. The predicted molar refractivity (Wildman–Crippen MR) is 116 cm³/mol. The number of benzene rings is 2. The number of piperidine rings is 1. The lowest BCUT2D eigenvalue weighted by Gasteiger charge is -2.30. The van der Waals surface area contributed by atoms with E-state index >= 15 is 0 Å². The van der Waals surface area contributed by atoms with Crippen LogP contribution in [-0.2, 0) is 14.8 Å². The van der Waals surface area contributed by atoms with Gasteiger partial charge >= 0.3 is 6.18 Å². The van der Waals surface area contributed by atoms with Crippen LogP contribution in [0, 0.1) is 12.8 Å². The molecule has 0 spiro atoms. The zero-order valence-electron chi connectivity index (χ0n) is 18.2. The number of amides is 1. The highest BCUT2D eigenvalue weighted by molar-refractivity contribution is 7.89. The number of anilines is 1. The molecule has 3 rings (SSSR count). The van der Waals surface area contributed by atoms with Gasteiger partial charge in [-0.2, -0.15) is 17.5 Å². The van der Waals surface area contributed by atoms with Crippen LogP contribution in [0.25, 0.3) is 0 Å². The Hall–Kier alpha value is -2.79. The van der Waals surface area contributed by atoms with E-state index in [0.717, 1.165) is 0 Å². The molecule has 11 heteroatoms. The SMILES string of the molecule is COc1ccc(S(=O)(=O)N2CCC(C(=O)Nc3ccc(C)cc3OCC(F)(F)F)CC2)cc1. The maximum atomic E-state index is 12.9. The molecule has 0 aliphatic carbocycles. The van der Waals surface area contributed by atoms with E-state index in [1.165, 1.54) is 35.7 Å². The lowest BCUT2D eigenvalue weighted by Crippen LogP contribution is -2.41. The molecule has 1 heterocycles. The molecule has 33 heavy (non-hydrogen) atoms. The first kappa shape index (κ1) is 24.8. The fourth-order valence-electron chi connectivity index (χ4n) is 3.50. The maximum absolute atomic E-state index is 12.9. The lowest BCUT2D eigenvalue weighted by molar-refractivity contribution is -0.153. The van der Waals surface area contributed by atoms with E-state index in [1.807, 2.05) is 0 Å². The number of carbonyl (C=O) groups is 1. The molecule has 1 saturated heterocycles. The molecule has 0 bridgehead atoms. The summed E-state index contributed by atoms with van der Waals surface area (Å²) in [5, 5.41) is 2.63. The Morgan fingerprint density at radius 1 is 1.12 bits per heavy atom. The van der Waals surface area contributed by atoms with Crippen molar-refractivity contribution in [3.05, 3.63) is 48.0 Å². The Kier molecular flexibility index (Phi) is 7.53. The number of halogens is 3. The zero-order chi connectivity index (χ0) is 24.2. The minimum Gasteiger partial charge on any atom is -0.497 e. The van der Waals surface area contributed by atoms with E-state index in [0.29, 0.717) is 11.3 Å². The van der Waals surface area contributed by atoms with Crippen molar-refractivity contribution < 1.29 is 35.9 Å². The van der Waals surface area contributed by atoms with E-state index in [2.05, 4.69) is 5.32 Å². The molecule has 2 aromatic carbocycles. The van der Waals surface area contributed by atoms with Gasteiger partial charge in [0.25, 0.3) is 0 Å². The number of ether oxygens (including phenoxy) is 2. The first-order valence-electron chi connectivity index (χ1n) is 10.2. The number of rotatable bonds is 7. The maximum Gasteiger partial charge on any atom is 0.422 e. The Bertz CT molecular complexity index is 1080. The highest BCUT2D eigenvalue weighted by Crippen LogP contribution is 2.30. The lowest BCUT2D eigenvalue weighted by atomic mass is 9.97. The van der Waals surface area contributed by atoms with E-state index in [4.69, 9.17) is 9.47 Å². The van der Waals surface area contributed by atoms with E-state index in [1.54, 1.807) is 25.1 Å². The second-order valence-electron chi connectivity index (χ2n) is 7.75. The summed E-state index contributed by atoms with van der Waals surface area (Å²) in [6.45, 7) is 0.529. The number of alkyl halides is 3. The number of carbonyl (C=O) groups excluding carboxylic acids is 1. The van der Waals surface area contributed by atoms with Crippen LogP contribution in [0.1, 0.15) is 18.4 Å². The molecule has 180 valence electrons. The number of hydrogen-bond donors (Lipinski definition) is 1. The minimum absolute atomic E-state index is 0.0693. The summed E-state index contributed by atoms with van der Waals surface area (Å²) in [7, 11) is -2.22. The van der Waals surface area contributed by atoms with Crippen molar-refractivity contribution in [1.82, 2.24) is 4.31 Å². The van der Waals surface area contributed by atoms with E-state index in [9.17, 15) is 26.4 Å². The summed E-state index contributed by atoms with van der Waals surface area (Å²) >= 11 is 0. The van der Waals surface area contributed by atoms with Gasteiger partial charge < -0.3 is 14.8 Å². The third-order valence-electron chi connectivity index (χ3n) is 5.31. The Morgan fingerprint density at radius 2 is 1.76 bits per heavy atom. The fraction of sp³-hybridized carbons (Fsp3) is 0.409. The second-order valence-corrected chi connectivity index (χ2v) is 9.68. The van der Waals surface area contributed by atoms with Gasteiger partial charge in [-0.25, -0.2) is 8.42 Å². The van der Waals surface area contributed by atoms with Crippen molar-refractivity contribution in [2.24, 2.45) is 5.92 Å². The molecule has 0 aromatic heterocycles. The van der Waals surface area contributed by atoms with Gasteiger partial charge in [-0.05, 0) is 61.7 Å². The molecule has 1 N–H and O–H groups in total. The van der Waals surface area contributed by atoms with Crippen molar-refractivity contribution in [2.75, 3.05) is 32.1 Å². The number of aryl methyl sites for hydroxylation is 1. The molecule has 0 saturated carbocycles. The smallest absolute Gasteiger partial charge is 0.422 e. The number of methoxy groups -OCH3 is 1. The van der Waals surface area contributed by atoms with E-state index in [-0.39, 0.29) is 42.3 Å². The summed E-state index contributed by atoms with van der Waals surface area (Å²) in [6, 6.07) is 10.6. The van der Waals surface area contributed by atoms with Crippen LogP contribution >= 0.6 is 0 Å². The normalized spacial score (nSPS) is 15.8. The molecule has 7 nitrogen and oxygen atoms in total. The monoisotopic (exact) mass is 486 g/mol. The van der Waals surface area contributed by atoms with Gasteiger partial charge in [0.15, 0.2) is 6.61 Å². The van der Waals surface area contributed by atoms with Crippen LogP contribution in [0.3, 0.4) is 0 Å². The van der Waals surface area contributed by atoms with Crippen LogP contribution in [0.4, 0.5) is 18.9 Å². The molecule has 0 unspecified atom stereocenters. The van der Waals surface area contributed by atoms with Crippen molar-refractivity contribution in [3.8, 4) is 11.5 Å². The number of sulfonamides is 1. The van der Waals surface area contributed by atoms with Gasteiger partial charge in [0, 0.05) is 19.0 Å². The molecule has 1 fully saturated rings. The molecule has 0 radical (unpaired) electrons. The third-order valence-corrected chi connectivity index (χ3v) is 7.22. The van der Waals surface area contributed by atoms with Crippen molar-refractivity contribution in [3.63, 3.8) is 0 Å². The third kappa shape index (κ3) is 6.38. The molecule has 1 aliphatic heterocycles. The van der Waals surface area contributed by atoms with Gasteiger partial charge in [-0.3, -0.25) is 4.79 Å². The van der Waals surface area contributed by atoms with Crippen molar-refractivity contribution in [1.29, 1.82) is 0 Å². The average Bonchev–Trinajstić information content (AvgIpc) is 2.78. The molecule has 2 aromatic rings.